The molecule has 1 aromatic heterocycles. The Bertz CT molecular complexity index is 872. The average molecular weight is 396 g/mol. The average Bonchev–Trinajstić information content (AvgIpc) is 3.08. The van der Waals surface area contributed by atoms with E-state index in [1.807, 2.05) is 36.4 Å². The molecule has 0 saturated carbocycles. The predicted octanol–water partition coefficient (Wildman–Crippen LogP) is 3.06. The van der Waals surface area contributed by atoms with E-state index in [1.165, 1.54) is 0 Å². The lowest BCUT2D eigenvalue weighted by atomic mass is 9.80. The van der Waals surface area contributed by atoms with Crippen LogP contribution < -0.4 is 0 Å². The van der Waals surface area contributed by atoms with Crippen LogP contribution in [0, 0.1) is 0 Å². The van der Waals surface area contributed by atoms with Crippen LogP contribution in [0.25, 0.3) is 0 Å². The maximum atomic E-state index is 12.8. The monoisotopic (exact) mass is 396 g/mol. The highest BCUT2D eigenvalue weighted by atomic mass is 16.5. The number of ether oxygens (including phenoxy) is 2. The Labute approximate surface area is 171 Å². The lowest BCUT2D eigenvalue weighted by molar-refractivity contribution is -0.120. The van der Waals surface area contributed by atoms with Crippen molar-refractivity contribution in [3.05, 3.63) is 65.0 Å². The summed E-state index contributed by atoms with van der Waals surface area (Å²) in [7, 11) is 1.62. The van der Waals surface area contributed by atoms with Gasteiger partial charge in [0, 0.05) is 37.8 Å². The van der Waals surface area contributed by atoms with Crippen LogP contribution in [0.3, 0.4) is 0 Å². The molecule has 2 heterocycles. The number of nitrogens with zero attached hydrogens (tertiary/aromatic N) is 2. The van der Waals surface area contributed by atoms with Gasteiger partial charge in [0.05, 0.1) is 24.3 Å². The van der Waals surface area contributed by atoms with Gasteiger partial charge < -0.3 is 14.6 Å². The van der Waals surface area contributed by atoms with E-state index in [9.17, 15) is 9.90 Å². The molecular weight excluding hydrogens is 368 g/mol. The number of aromatic nitrogens is 1. The molecule has 0 unspecified atom stereocenters. The Morgan fingerprint density at radius 1 is 1.24 bits per heavy atom. The molecule has 6 nitrogen and oxygen atoms in total. The van der Waals surface area contributed by atoms with Gasteiger partial charge in [0.2, 0.25) is 5.90 Å². The molecule has 1 aromatic carbocycles. The Morgan fingerprint density at radius 2 is 2.00 bits per heavy atom. The van der Waals surface area contributed by atoms with Crippen molar-refractivity contribution in [2.24, 2.45) is 4.99 Å². The number of fused-ring (bicyclic) bond motifs is 1. The summed E-state index contributed by atoms with van der Waals surface area (Å²) in [6.07, 6.45) is 2.21. The van der Waals surface area contributed by atoms with E-state index in [-0.39, 0.29) is 24.5 Å². The molecular formula is C23H28N2O4. The Morgan fingerprint density at radius 3 is 2.69 bits per heavy atom. The number of hydrogen-bond donors (Lipinski definition) is 1. The molecule has 1 aliphatic heterocycles. The molecule has 6 heteroatoms. The second kappa shape index (κ2) is 9.29. The van der Waals surface area contributed by atoms with Crippen molar-refractivity contribution in [1.29, 1.82) is 0 Å². The maximum absolute atomic E-state index is 12.8. The van der Waals surface area contributed by atoms with E-state index < -0.39 is 5.60 Å². The first kappa shape index (κ1) is 21.1. The van der Waals surface area contributed by atoms with E-state index in [4.69, 9.17) is 9.47 Å². The minimum atomic E-state index is -0.995. The Balaban J connectivity index is 1.65. The standard InChI is InChI=1S/C23H28N2O4/c1-23(2,27)21(16-7-5-4-6-8-16)13-19(26)12-18-11-17-14-25-22(20(17)15-24-18)29-10-9-28-3/h4-8,11,15,21,27H,9-10,12-14H2,1-3H3/t21-/m0/s1. The molecule has 3 rings (SSSR count). The molecule has 154 valence electrons. The van der Waals surface area contributed by atoms with Crippen LogP contribution in [0.2, 0.25) is 0 Å². The smallest absolute Gasteiger partial charge is 0.218 e. The van der Waals surface area contributed by atoms with Crippen molar-refractivity contribution in [2.75, 3.05) is 20.3 Å². The molecule has 1 N–H and O–H groups in total. The van der Waals surface area contributed by atoms with E-state index in [1.54, 1.807) is 27.2 Å². The van der Waals surface area contributed by atoms with Crippen LogP contribution >= 0.6 is 0 Å². The van der Waals surface area contributed by atoms with Gasteiger partial charge in [-0.25, -0.2) is 4.99 Å². The summed E-state index contributed by atoms with van der Waals surface area (Å²) in [4.78, 5) is 21.6. The van der Waals surface area contributed by atoms with Gasteiger partial charge in [-0.15, -0.1) is 0 Å². The van der Waals surface area contributed by atoms with Crippen molar-refractivity contribution in [1.82, 2.24) is 4.98 Å². The van der Waals surface area contributed by atoms with Gasteiger partial charge in [0.25, 0.3) is 0 Å². The quantitative estimate of drug-likeness (QED) is 0.659. The van der Waals surface area contributed by atoms with Crippen LogP contribution in [-0.4, -0.2) is 47.7 Å². The van der Waals surface area contributed by atoms with Crippen molar-refractivity contribution in [3.8, 4) is 0 Å². The molecule has 0 amide bonds. The number of hydrogen-bond acceptors (Lipinski definition) is 6. The minimum Gasteiger partial charge on any atom is -0.475 e. The summed E-state index contributed by atoms with van der Waals surface area (Å²) in [6, 6.07) is 11.6. The summed E-state index contributed by atoms with van der Waals surface area (Å²) in [6.45, 7) is 4.95. The van der Waals surface area contributed by atoms with E-state index >= 15 is 0 Å². The molecule has 1 aliphatic rings. The fraction of sp³-hybridized carbons (Fsp3) is 0.435. The van der Waals surface area contributed by atoms with Crippen molar-refractivity contribution in [2.45, 2.75) is 44.8 Å². The topological polar surface area (TPSA) is 81.0 Å². The predicted molar refractivity (Wildman–Crippen MR) is 111 cm³/mol. The molecule has 0 bridgehead atoms. The number of pyridine rings is 1. The molecule has 29 heavy (non-hydrogen) atoms. The summed E-state index contributed by atoms with van der Waals surface area (Å²) >= 11 is 0. The van der Waals surface area contributed by atoms with Gasteiger partial charge in [-0.05, 0) is 31.0 Å². The van der Waals surface area contributed by atoms with Crippen LogP contribution in [0.15, 0.2) is 47.6 Å². The van der Waals surface area contributed by atoms with Gasteiger partial charge in [-0.3, -0.25) is 9.78 Å². The normalized spacial score (nSPS) is 14.3. The van der Waals surface area contributed by atoms with Crippen molar-refractivity contribution < 1.29 is 19.4 Å². The number of aliphatic imine (C=N–C) groups is 1. The van der Waals surface area contributed by atoms with E-state index in [0.29, 0.717) is 31.4 Å². The zero-order valence-electron chi connectivity index (χ0n) is 17.2. The molecule has 2 aromatic rings. The van der Waals surface area contributed by atoms with Gasteiger partial charge in [-0.2, -0.15) is 0 Å². The first-order valence-electron chi connectivity index (χ1n) is 9.82. The number of ketones is 1. The maximum Gasteiger partial charge on any atom is 0.218 e. The number of carbonyl (C=O) groups is 1. The summed E-state index contributed by atoms with van der Waals surface area (Å²) < 4.78 is 10.6. The lowest BCUT2D eigenvalue weighted by Crippen LogP contribution is -2.31. The zero-order chi connectivity index (χ0) is 20.9. The number of benzene rings is 1. The van der Waals surface area contributed by atoms with Gasteiger partial charge in [0.1, 0.15) is 12.4 Å². The molecule has 1 atom stereocenters. The van der Waals surface area contributed by atoms with Crippen LogP contribution in [0.4, 0.5) is 0 Å². The van der Waals surface area contributed by atoms with Crippen LogP contribution in [-0.2, 0) is 27.2 Å². The SMILES string of the molecule is COCCOC1=NCc2cc(CC(=O)C[C@@H](c3ccccc3)C(C)(C)O)ncc21. The fourth-order valence-corrected chi connectivity index (χ4v) is 3.52. The molecule has 0 saturated heterocycles. The number of Topliss-reactive ketones (excluding diaryl/α,β-unsaturated/α-hetero) is 1. The molecule has 0 spiro atoms. The second-order valence-electron chi connectivity index (χ2n) is 7.83. The van der Waals surface area contributed by atoms with Crippen LogP contribution in [0.5, 0.6) is 0 Å². The van der Waals surface area contributed by atoms with Gasteiger partial charge in [0.15, 0.2) is 0 Å². The third-order valence-corrected chi connectivity index (χ3v) is 5.06. The summed E-state index contributed by atoms with van der Waals surface area (Å²) in [5, 5.41) is 10.6. The Hall–Kier alpha value is -2.57. The highest BCUT2D eigenvalue weighted by Gasteiger charge is 2.30. The van der Waals surface area contributed by atoms with E-state index in [0.717, 1.165) is 16.7 Å². The summed E-state index contributed by atoms with van der Waals surface area (Å²) in [5.41, 5.74) is 2.56. The zero-order valence-corrected chi connectivity index (χ0v) is 17.2. The number of rotatable bonds is 9. The molecule has 0 radical (unpaired) electrons. The number of carbonyl (C=O) groups excluding carboxylic acids is 1. The minimum absolute atomic E-state index is 0.0453. The summed E-state index contributed by atoms with van der Waals surface area (Å²) in [5.74, 6) is 0.354. The largest absolute Gasteiger partial charge is 0.475 e. The van der Waals surface area contributed by atoms with E-state index in [2.05, 4.69) is 9.98 Å². The Kier molecular flexibility index (Phi) is 6.77. The molecule has 0 aliphatic carbocycles. The van der Waals surface area contributed by atoms with Crippen LogP contribution in [0.1, 0.15) is 48.6 Å². The lowest BCUT2D eigenvalue weighted by Gasteiger charge is -2.29. The fourth-order valence-electron chi connectivity index (χ4n) is 3.52. The third-order valence-electron chi connectivity index (χ3n) is 5.06. The van der Waals surface area contributed by atoms with Crippen molar-refractivity contribution in [3.63, 3.8) is 0 Å². The van der Waals surface area contributed by atoms with Crippen molar-refractivity contribution >= 4 is 11.7 Å². The number of aliphatic hydroxyl groups is 1. The number of methoxy groups -OCH3 is 1. The molecule has 0 fully saturated rings. The first-order valence-corrected chi connectivity index (χ1v) is 9.82. The first-order chi connectivity index (χ1) is 13.9. The second-order valence-corrected chi connectivity index (χ2v) is 7.83. The van der Waals surface area contributed by atoms with Gasteiger partial charge in [-0.1, -0.05) is 30.3 Å². The van der Waals surface area contributed by atoms with Gasteiger partial charge >= 0.3 is 0 Å². The highest BCUT2D eigenvalue weighted by molar-refractivity contribution is 5.97. The highest BCUT2D eigenvalue weighted by Crippen LogP contribution is 2.32. The third kappa shape index (κ3) is 5.49.